The Kier molecular flexibility index (Phi) is 4.39. The fraction of sp³-hybridized carbons (Fsp3) is 0.588. The van der Waals surface area contributed by atoms with E-state index < -0.39 is 6.10 Å². The number of amides is 1. The van der Waals surface area contributed by atoms with Crippen molar-refractivity contribution < 1.29 is 9.53 Å². The van der Waals surface area contributed by atoms with Gasteiger partial charge in [0.25, 0.3) is 5.91 Å². The number of fused-ring (bicyclic) bond motifs is 2. The van der Waals surface area contributed by atoms with E-state index in [1.165, 1.54) is 19.3 Å². The molecule has 3 rings (SSSR count). The zero-order chi connectivity index (χ0) is 14.8. The van der Waals surface area contributed by atoms with Gasteiger partial charge in [-0.2, -0.15) is 0 Å². The van der Waals surface area contributed by atoms with Gasteiger partial charge >= 0.3 is 0 Å². The fourth-order valence-corrected chi connectivity index (χ4v) is 3.90. The SMILES string of the molecule is CC[C@@H](Oc1cccc(Cl)c1)C(=O)N[C@H]1C[C@H]2CC[C@H]1C2. The van der Waals surface area contributed by atoms with Gasteiger partial charge < -0.3 is 10.1 Å². The number of benzene rings is 1. The highest BCUT2D eigenvalue weighted by molar-refractivity contribution is 6.30. The lowest BCUT2D eigenvalue weighted by molar-refractivity contribution is -0.129. The van der Waals surface area contributed by atoms with Crippen molar-refractivity contribution in [3.8, 4) is 5.75 Å². The third kappa shape index (κ3) is 3.34. The van der Waals surface area contributed by atoms with Crippen LogP contribution in [0, 0.1) is 11.8 Å². The van der Waals surface area contributed by atoms with Crippen molar-refractivity contribution in [1.82, 2.24) is 5.32 Å². The highest BCUT2D eigenvalue weighted by Gasteiger charge is 2.40. The maximum Gasteiger partial charge on any atom is 0.261 e. The largest absolute Gasteiger partial charge is 0.481 e. The highest BCUT2D eigenvalue weighted by atomic mass is 35.5. The van der Waals surface area contributed by atoms with Gasteiger partial charge in [0.1, 0.15) is 5.75 Å². The Morgan fingerprint density at radius 3 is 2.90 bits per heavy atom. The second-order valence-electron chi connectivity index (χ2n) is 6.26. The Morgan fingerprint density at radius 2 is 2.29 bits per heavy atom. The summed E-state index contributed by atoms with van der Waals surface area (Å²) >= 11 is 5.95. The van der Waals surface area contributed by atoms with Gasteiger partial charge in [0.15, 0.2) is 6.10 Å². The van der Waals surface area contributed by atoms with Gasteiger partial charge in [-0.05, 0) is 55.7 Å². The highest BCUT2D eigenvalue weighted by Crippen LogP contribution is 2.44. The third-order valence-corrected chi connectivity index (χ3v) is 5.04. The number of halogens is 1. The number of hydrogen-bond acceptors (Lipinski definition) is 2. The Labute approximate surface area is 131 Å². The van der Waals surface area contributed by atoms with Crippen molar-refractivity contribution in [3.63, 3.8) is 0 Å². The molecule has 114 valence electrons. The molecule has 0 unspecified atom stereocenters. The molecule has 1 aromatic carbocycles. The molecular formula is C17H22ClNO2. The first-order chi connectivity index (χ1) is 10.2. The summed E-state index contributed by atoms with van der Waals surface area (Å²) in [6.07, 6.45) is 5.25. The summed E-state index contributed by atoms with van der Waals surface area (Å²) in [5.74, 6) is 2.17. The van der Waals surface area contributed by atoms with Crippen LogP contribution in [0.2, 0.25) is 5.02 Å². The fourth-order valence-electron chi connectivity index (χ4n) is 3.72. The van der Waals surface area contributed by atoms with E-state index in [0.29, 0.717) is 29.2 Å². The number of carbonyl (C=O) groups excluding carboxylic acids is 1. The zero-order valence-electron chi connectivity index (χ0n) is 12.3. The second kappa shape index (κ2) is 6.27. The van der Waals surface area contributed by atoms with Gasteiger partial charge in [0, 0.05) is 11.1 Å². The summed E-state index contributed by atoms with van der Waals surface area (Å²) in [5.41, 5.74) is 0. The van der Waals surface area contributed by atoms with Crippen LogP contribution in [0.4, 0.5) is 0 Å². The minimum absolute atomic E-state index is 0.00928. The lowest BCUT2D eigenvalue weighted by Crippen LogP contribution is -2.45. The van der Waals surface area contributed by atoms with Crippen LogP contribution in [-0.2, 0) is 4.79 Å². The molecule has 1 N–H and O–H groups in total. The van der Waals surface area contributed by atoms with E-state index in [2.05, 4.69) is 5.32 Å². The topological polar surface area (TPSA) is 38.3 Å². The molecule has 1 amide bonds. The monoisotopic (exact) mass is 307 g/mol. The van der Waals surface area contributed by atoms with Crippen molar-refractivity contribution in [2.45, 2.75) is 51.2 Å². The third-order valence-electron chi connectivity index (χ3n) is 4.80. The molecule has 2 fully saturated rings. The molecule has 0 saturated heterocycles. The average molecular weight is 308 g/mol. The van der Waals surface area contributed by atoms with Crippen LogP contribution in [0.15, 0.2) is 24.3 Å². The standard InChI is InChI=1S/C17H22ClNO2/c1-2-16(21-14-5-3-4-13(18)10-14)17(20)19-15-9-11-6-7-12(15)8-11/h3-5,10-12,15-16H,2,6-9H2,1H3,(H,19,20)/t11-,12-,15-,16+/m0/s1. The molecule has 0 heterocycles. The molecule has 0 spiro atoms. The molecule has 3 nitrogen and oxygen atoms in total. The number of carbonyl (C=O) groups is 1. The Hall–Kier alpha value is -1.22. The van der Waals surface area contributed by atoms with Gasteiger partial charge in [-0.3, -0.25) is 4.79 Å². The number of rotatable bonds is 5. The second-order valence-corrected chi connectivity index (χ2v) is 6.70. The van der Waals surface area contributed by atoms with Crippen molar-refractivity contribution in [2.75, 3.05) is 0 Å². The van der Waals surface area contributed by atoms with Crippen LogP contribution >= 0.6 is 11.6 Å². The zero-order valence-corrected chi connectivity index (χ0v) is 13.1. The summed E-state index contributed by atoms with van der Waals surface area (Å²) in [6, 6.07) is 7.56. The average Bonchev–Trinajstić information content (AvgIpc) is 3.07. The first-order valence-corrected chi connectivity index (χ1v) is 8.26. The Bertz CT molecular complexity index is 519. The van der Waals surface area contributed by atoms with E-state index in [1.54, 1.807) is 12.1 Å². The predicted octanol–water partition coefficient (Wildman–Crippen LogP) is 3.80. The van der Waals surface area contributed by atoms with Crippen molar-refractivity contribution >= 4 is 17.5 Å². The van der Waals surface area contributed by atoms with Crippen molar-refractivity contribution in [1.29, 1.82) is 0 Å². The summed E-state index contributed by atoms with van der Waals surface area (Å²) < 4.78 is 5.80. The van der Waals surface area contributed by atoms with Gasteiger partial charge in [0.2, 0.25) is 0 Å². The maximum absolute atomic E-state index is 12.4. The van der Waals surface area contributed by atoms with Crippen LogP contribution in [0.3, 0.4) is 0 Å². The van der Waals surface area contributed by atoms with E-state index in [9.17, 15) is 4.79 Å². The molecule has 1 aromatic rings. The minimum atomic E-state index is -0.442. The van der Waals surface area contributed by atoms with Gasteiger partial charge in [-0.25, -0.2) is 0 Å². The first kappa shape index (κ1) is 14.7. The van der Waals surface area contributed by atoms with Crippen LogP contribution in [-0.4, -0.2) is 18.1 Å². The molecule has 0 radical (unpaired) electrons. The molecule has 4 atom stereocenters. The van der Waals surface area contributed by atoms with E-state index in [1.807, 2.05) is 19.1 Å². The number of hydrogen-bond donors (Lipinski definition) is 1. The van der Waals surface area contributed by atoms with Gasteiger partial charge in [-0.1, -0.05) is 31.0 Å². The molecule has 2 bridgehead atoms. The molecule has 4 heteroatoms. The number of nitrogens with one attached hydrogen (secondary N) is 1. The van der Waals surface area contributed by atoms with Crippen molar-refractivity contribution in [2.24, 2.45) is 11.8 Å². The molecule has 2 aliphatic rings. The van der Waals surface area contributed by atoms with Crippen LogP contribution in [0.25, 0.3) is 0 Å². The van der Waals surface area contributed by atoms with E-state index in [4.69, 9.17) is 16.3 Å². The molecule has 2 saturated carbocycles. The van der Waals surface area contributed by atoms with Crippen LogP contribution in [0.5, 0.6) is 5.75 Å². The lowest BCUT2D eigenvalue weighted by Gasteiger charge is -2.25. The number of ether oxygens (including phenoxy) is 1. The summed E-state index contributed by atoms with van der Waals surface area (Å²) in [6.45, 7) is 1.97. The molecular weight excluding hydrogens is 286 g/mol. The first-order valence-electron chi connectivity index (χ1n) is 7.88. The normalized spacial score (nSPS) is 28.4. The Balaban J connectivity index is 1.59. The van der Waals surface area contributed by atoms with E-state index in [-0.39, 0.29) is 5.91 Å². The summed E-state index contributed by atoms with van der Waals surface area (Å²) in [4.78, 5) is 12.4. The van der Waals surface area contributed by atoms with E-state index >= 15 is 0 Å². The molecule has 21 heavy (non-hydrogen) atoms. The quantitative estimate of drug-likeness (QED) is 0.898. The maximum atomic E-state index is 12.4. The smallest absolute Gasteiger partial charge is 0.261 e. The van der Waals surface area contributed by atoms with Gasteiger partial charge in [0.05, 0.1) is 0 Å². The van der Waals surface area contributed by atoms with Crippen molar-refractivity contribution in [3.05, 3.63) is 29.3 Å². The molecule has 2 aliphatic carbocycles. The lowest BCUT2D eigenvalue weighted by atomic mass is 9.95. The minimum Gasteiger partial charge on any atom is -0.481 e. The molecule has 0 aromatic heterocycles. The van der Waals surface area contributed by atoms with Crippen LogP contribution in [0.1, 0.15) is 39.0 Å². The summed E-state index contributed by atoms with van der Waals surface area (Å²) in [5, 5.41) is 3.82. The predicted molar refractivity (Wildman–Crippen MR) is 83.5 cm³/mol. The molecule has 0 aliphatic heterocycles. The van der Waals surface area contributed by atoms with Gasteiger partial charge in [-0.15, -0.1) is 0 Å². The van der Waals surface area contributed by atoms with Crippen LogP contribution < -0.4 is 10.1 Å². The van der Waals surface area contributed by atoms with E-state index in [0.717, 1.165) is 12.3 Å². The Morgan fingerprint density at radius 1 is 1.43 bits per heavy atom. The summed E-state index contributed by atoms with van der Waals surface area (Å²) in [7, 11) is 0.